The van der Waals surface area contributed by atoms with Crippen LogP contribution in [0.2, 0.25) is 0 Å². The van der Waals surface area contributed by atoms with Crippen molar-refractivity contribution in [2.45, 2.75) is 45.1 Å². The van der Waals surface area contributed by atoms with Crippen LogP contribution < -0.4 is 14.8 Å². The molecular formula is C17H27NO2. The van der Waals surface area contributed by atoms with Crippen molar-refractivity contribution in [3.8, 4) is 11.5 Å². The van der Waals surface area contributed by atoms with E-state index in [1.807, 2.05) is 6.07 Å². The Bertz CT molecular complexity index is 437. The lowest BCUT2D eigenvalue weighted by molar-refractivity contribution is 0.300. The van der Waals surface area contributed by atoms with Gasteiger partial charge in [-0.15, -0.1) is 0 Å². The van der Waals surface area contributed by atoms with Gasteiger partial charge in [0.15, 0.2) is 11.5 Å². The fourth-order valence-electron chi connectivity index (χ4n) is 3.43. The lowest BCUT2D eigenvalue weighted by Gasteiger charge is -2.32. The minimum absolute atomic E-state index is 0.258. The average Bonchev–Trinajstić information content (AvgIpc) is 2.85. The van der Waals surface area contributed by atoms with E-state index in [9.17, 15) is 0 Å². The monoisotopic (exact) mass is 277 g/mol. The van der Waals surface area contributed by atoms with Crippen molar-refractivity contribution in [1.29, 1.82) is 0 Å². The highest BCUT2D eigenvalue weighted by Crippen LogP contribution is 2.34. The number of hydrogen-bond donors (Lipinski definition) is 1. The molecule has 1 unspecified atom stereocenters. The Hall–Kier alpha value is -1.22. The van der Waals surface area contributed by atoms with E-state index in [4.69, 9.17) is 9.47 Å². The second-order valence-electron chi connectivity index (χ2n) is 6.27. The third-order valence-electron chi connectivity index (χ3n) is 4.12. The van der Waals surface area contributed by atoms with Gasteiger partial charge >= 0.3 is 0 Å². The van der Waals surface area contributed by atoms with Crippen molar-refractivity contribution in [2.75, 3.05) is 20.8 Å². The van der Waals surface area contributed by atoms with Crippen LogP contribution in [0.15, 0.2) is 18.2 Å². The number of rotatable bonds is 6. The first-order chi connectivity index (χ1) is 9.58. The lowest BCUT2D eigenvalue weighted by atomic mass is 9.82. The quantitative estimate of drug-likeness (QED) is 0.864. The van der Waals surface area contributed by atoms with E-state index in [0.717, 1.165) is 24.5 Å². The van der Waals surface area contributed by atoms with Crippen LogP contribution in [-0.4, -0.2) is 26.3 Å². The minimum atomic E-state index is 0.258. The van der Waals surface area contributed by atoms with E-state index >= 15 is 0 Å². The molecule has 0 aromatic heterocycles. The molecule has 3 heteroatoms. The number of nitrogens with one attached hydrogen (secondary N) is 1. The molecule has 1 saturated heterocycles. The normalized spacial score (nSPS) is 22.2. The standard InChI is InChI=1S/C17H27NO2/c1-13(2)11-17(8-5-9-18-17)12-14-6-7-15(19-3)16(10-14)20-4/h6-7,10,13,18H,5,8-9,11-12H2,1-4H3. The van der Waals surface area contributed by atoms with Crippen molar-refractivity contribution < 1.29 is 9.47 Å². The van der Waals surface area contributed by atoms with Crippen molar-refractivity contribution in [2.24, 2.45) is 5.92 Å². The largest absolute Gasteiger partial charge is 0.493 e. The van der Waals surface area contributed by atoms with E-state index < -0.39 is 0 Å². The molecule has 0 aliphatic carbocycles. The van der Waals surface area contributed by atoms with Gasteiger partial charge in [-0.2, -0.15) is 0 Å². The molecule has 1 heterocycles. The molecule has 1 aliphatic rings. The maximum Gasteiger partial charge on any atom is 0.160 e. The number of benzene rings is 1. The van der Waals surface area contributed by atoms with Crippen molar-refractivity contribution in [3.05, 3.63) is 23.8 Å². The molecule has 3 nitrogen and oxygen atoms in total. The van der Waals surface area contributed by atoms with Crippen molar-refractivity contribution in [3.63, 3.8) is 0 Å². The molecule has 112 valence electrons. The summed E-state index contributed by atoms with van der Waals surface area (Å²) in [5, 5.41) is 3.74. The third kappa shape index (κ3) is 3.45. The number of hydrogen-bond acceptors (Lipinski definition) is 3. The predicted molar refractivity (Wildman–Crippen MR) is 82.7 cm³/mol. The van der Waals surface area contributed by atoms with Gasteiger partial charge in [-0.25, -0.2) is 0 Å². The van der Waals surface area contributed by atoms with Crippen molar-refractivity contribution in [1.82, 2.24) is 5.32 Å². The summed E-state index contributed by atoms with van der Waals surface area (Å²) in [6.07, 6.45) is 4.83. The summed E-state index contributed by atoms with van der Waals surface area (Å²) in [6.45, 7) is 5.74. The van der Waals surface area contributed by atoms with Crippen LogP contribution in [0, 0.1) is 5.92 Å². The van der Waals surface area contributed by atoms with Gasteiger partial charge in [-0.1, -0.05) is 19.9 Å². The summed E-state index contributed by atoms with van der Waals surface area (Å²) in [7, 11) is 3.37. The van der Waals surface area contributed by atoms with Crippen LogP contribution in [0.5, 0.6) is 11.5 Å². The molecule has 0 spiro atoms. The Morgan fingerprint density at radius 3 is 2.50 bits per heavy atom. The topological polar surface area (TPSA) is 30.5 Å². The Morgan fingerprint density at radius 1 is 1.20 bits per heavy atom. The Morgan fingerprint density at radius 2 is 1.95 bits per heavy atom. The Balaban J connectivity index is 2.18. The van der Waals surface area contributed by atoms with E-state index in [1.165, 1.54) is 24.8 Å². The molecular weight excluding hydrogens is 250 g/mol. The molecule has 0 amide bonds. The molecule has 1 N–H and O–H groups in total. The summed E-state index contributed by atoms with van der Waals surface area (Å²) in [5.74, 6) is 2.33. The zero-order valence-corrected chi connectivity index (χ0v) is 13.2. The first-order valence-electron chi connectivity index (χ1n) is 7.54. The molecule has 20 heavy (non-hydrogen) atoms. The van der Waals surface area contributed by atoms with Gasteiger partial charge in [-0.05, 0) is 55.8 Å². The van der Waals surface area contributed by atoms with E-state index in [1.54, 1.807) is 14.2 Å². The molecule has 1 atom stereocenters. The van der Waals surface area contributed by atoms with E-state index in [2.05, 4.69) is 31.3 Å². The number of methoxy groups -OCH3 is 2. The van der Waals surface area contributed by atoms with Crippen molar-refractivity contribution >= 4 is 0 Å². The molecule has 0 radical (unpaired) electrons. The molecule has 2 rings (SSSR count). The van der Waals surface area contributed by atoms with Gasteiger partial charge in [0.2, 0.25) is 0 Å². The highest BCUT2D eigenvalue weighted by atomic mass is 16.5. The first-order valence-corrected chi connectivity index (χ1v) is 7.54. The predicted octanol–water partition coefficient (Wildman–Crippen LogP) is 3.41. The fourth-order valence-corrected chi connectivity index (χ4v) is 3.43. The smallest absolute Gasteiger partial charge is 0.160 e. The summed E-state index contributed by atoms with van der Waals surface area (Å²) in [4.78, 5) is 0. The van der Waals surface area contributed by atoms with Crippen LogP contribution in [0.4, 0.5) is 0 Å². The maximum absolute atomic E-state index is 5.41. The fraction of sp³-hybridized carbons (Fsp3) is 0.647. The molecule has 0 saturated carbocycles. The minimum Gasteiger partial charge on any atom is -0.493 e. The van der Waals surface area contributed by atoms with Gasteiger partial charge in [0, 0.05) is 5.54 Å². The van der Waals surface area contributed by atoms with Crippen LogP contribution >= 0.6 is 0 Å². The zero-order chi connectivity index (χ0) is 14.6. The molecule has 0 bridgehead atoms. The van der Waals surface area contributed by atoms with E-state index in [-0.39, 0.29) is 5.54 Å². The lowest BCUT2D eigenvalue weighted by Crippen LogP contribution is -2.43. The first kappa shape index (κ1) is 15.2. The van der Waals surface area contributed by atoms with Gasteiger partial charge < -0.3 is 14.8 Å². The Labute approximate surface area is 122 Å². The summed E-state index contributed by atoms with van der Waals surface area (Å²) in [5.41, 5.74) is 1.58. The SMILES string of the molecule is COc1ccc(CC2(CC(C)C)CCCN2)cc1OC. The van der Waals surface area contributed by atoms with E-state index in [0.29, 0.717) is 5.92 Å². The highest BCUT2D eigenvalue weighted by molar-refractivity contribution is 5.43. The molecule has 1 aliphatic heterocycles. The molecule has 1 aromatic rings. The third-order valence-corrected chi connectivity index (χ3v) is 4.12. The van der Waals surface area contributed by atoms with Crippen LogP contribution in [0.3, 0.4) is 0 Å². The van der Waals surface area contributed by atoms with Gasteiger partial charge in [0.1, 0.15) is 0 Å². The van der Waals surface area contributed by atoms with Gasteiger partial charge in [-0.3, -0.25) is 0 Å². The molecule has 1 fully saturated rings. The van der Waals surface area contributed by atoms with Gasteiger partial charge in [0.25, 0.3) is 0 Å². The van der Waals surface area contributed by atoms with Crippen LogP contribution in [0.25, 0.3) is 0 Å². The molecule has 1 aromatic carbocycles. The average molecular weight is 277 g/mol. The van der Waals surface area contributed by atoms with Crippen LogP contribution in [-0.2, 0) is 6.42 Å². The summed E-state index contributed by atoms with van der Waals surface area (Å²) < 4.78 is 10.7. The highest BCUT2D eigenvalue weighted by Gasteiger charge is 2.34. The zero-order valence-electron chi connectivity index (χ0n) is 13.2. The second-order valence-corrected chi connectivity index (χ2v) is 6.27. The summed E-state index contributed by atoms with van der Waals surface area (Å²) >= 11 is 0. The van der Waals surface area contributed by atoms with Crippen LogP contribution in [0.1, 0.15) is 38.7 Å². The maximum atomic E-state index is 5.41. The number of ether oxygens (including phenoxy) is 2. The summed E-state index contributed by atoms with van der Waals surface area (Å²) in [6, 6.07) is 6.27. The second kappa shape index (κ2) is 6.49. The Kier molecular flexibility index (Phi) is 4.92. The van der Waals surface area contributed by atoms with Gasteiger partial charge in [0.05, 0.1) is 14.2 Å².